The Balaban J connectivity index is 0.00000280. The highest BCUT2D eigenvalue weighted by Gasteiger charge is 2.31. The summed E-state index contributed by atoms with van der Waals surface area (Å²) in [6.45, 7) is 11.3. The Morgan fingerprint density at radius 1 is 1.18 bits per heavy atom. The minimum absolute atomic E-state index is 0. The standard InChI is InChI=1S/C21H36N6.HI/c1-18(25(3)16-19-7-5-4-6-8-19)9-10-23-21(22-2)24-15-20-17-26-11-13-27(20)14-12-26;/h4-8,18,20H,9-17H2,1-3H3,(H2,22,23,24);1H. The van der Waals surface area contributed by atoms with Crippen LogP contribution in [0.2, 0.25) is 0 Å². The molecule has 2 N–H and O–H groups in total. The second-order valence-electron chi connectivity index (χ2n) is 7.91. The molecule has 0 aliphatic carbocycles. The van der Waals surface area contributed by atoms with Gasteiger partial charge in [0, 0.05) is 71.5 Å². The predicted molar refractivity (Wildman–Crippen MR) is 129 cm³/mol. The third-order valence-corrected chi connectivity index (χ3v) is 6.00. The number of benzene rings is 1. The lowest BCUT2D eigenvalue weighted by Gasteiger charge is -2.47. The van der Waals surface area contributed by atoms with Crippen LogP contribution in [-0.2, 0) is 6.54 Å². The topological polar surface area (TPSA) is 46.1 Å². The SMILES string of the molecule is CN=C(NCCC(C)N(C)Cc1ccccc1)NCC1CN2CCN1CC2.I. The Bertz CT molecular complexity index is 588. The van der Waals surface area contributed by atoms with Crippen molar-refractivity contribution in [3.05, 3.63) is 35.9 Å². The second kappa shape index (κ2) is 11.9. The van der Waals surface area contributed by atoms with E-state index in [1.807, 2.05) is 7.05 Å². The van der Waals surface area contributed by atoms with Crippen LogP contribution in [-0.4, -0.2) is 92.7 Å². The van der Waals surface area contributed by atoms with Gasteiger partial charge in [0.15, 0.2) is 5.96 Å². The van der Waals surface area contributed by atoms with Crippen molar-refractivity contribution in [3.8, 4) is 0 Å². The van der Waals surface area contributed by atoms with Gasteiger partial charge in [0.05, 0.1) is 0 Å². The fraction of sp³-hybridized carbons (Fsp3) is 0.667. The maximum absolute atomic E-state index is 4.39. The van der Waals surface area contributed by atoms with Crippen molar-refractivity contribution in [1.29, 1.82) is 0 Å². The van der Waals surface area contributed by atoms with Gasteiger partial charge in [0.25, 0.3) is 0 Å². The first-order chi connectivity index (χ1) is 13.2. The molecule has 6 nitrogen and oxygen atoms in total. The van der Waals surface area contributed by atoms with Crippen LogP contribution in [0.15, 0.2) is 35.3 Å². The molecular formula is C21H37IN6. The molecule has 4 rings (SSSR count). The number of nitrogens with zero attached hydrogens (tertiary/aromatic N) is 4. The van der Waals surface area contributed by atoms with Crippen LogP contribution in [0.25, 0.3) is 0 Å². The van der Waals surface area contributed by atoms with E-state index in [0.29, 0.717) is 12.1 Å². The van der Waals surface area contributed by atoms with Gasteiger partial charge in [-0.3, -0.25) is 19.7 Å². The van der Waals surface area contributed by atoms with Crippen molar-refractivity contribution in [2.75, 3.05) is 59.9 Å². The van der Waals surface area contributed by atoms with E-state index >= 15 is 0 Å². The first kappa shape index (κ1) is 23.4. The lowest BCUT2D eigenvalue weighted by Crippen LogP contribution is -2.63. The molecule has 2 unspecified atom stereocenters. The van der Waals surface area contributed by atoms with E-state index in [2.05, 4.69) is 74.6 Å². The van der Waals surface area contributed by atoms with E-state index in [4.69, 9.17) is 0 Å². The molecule has 158 valence electrons. The zero-order chi connectivity index (χ0) is 19.1. The highest BCUT2D eigenvalue weighted by Crippen LogP contribution is 2.14. The van der Waals surface area contributed by atoms with Crippen LogP contribution in [0.4, 0.5) is 0 Å². The number of guanidine groups is 1. The number of aliphatic imine (C=N–C) groups is 1. The van der Waals surface area contributed by atoms with E-state index in [1.54, 1.807) is 0 Å². The smallest absolute Gasteiger partial charge is 0.191 e. The summed E-state index contributed by atoms with van der Waals surface area (Å²) in [6.07, 6.45) is 1.09. The summed E-state index contributed by atoms with van der Waals surface area (Å²) in [7, 11) is 4.06. The van der Waals surface area contributed by atoms with Crippen LogP contribution in [0, 0.1) is 0 Å². The minimum Gasteiger partial charge on any atom is -0.356 e. The molecule has 1 aromatic rings. The van der Waals surface area contributed by atoms with Gasteiger partial charge < -0.3 is 10.6 Å². The number of fused-ring (bicyclic) bond motifs is 3. The van der Waals surface area contributed by atoms with Crippen LogP contribution < -0.4 is 10.6 Å². The number of rotatable bonds is 8. The molecule has 0 radical (unpaired) electrons. The molecule has 7 heteroatoms. The molecule has 3 aliphatic heterocycles. The zero-order valence-electron chi connectivity index (χ0n) is 17.6. The Morgan fingerprint density at radius 3 is 2.50 bits per heavy atom. The van der Waals surface area contributed by atoms with Gasteiger partial charge in [-0.05, 0) is 26.0 Å². The van der Waals surface area contributed by atoms with E-state index in [-0.39, 0.29) is 24.0 Å². The third kappa shape index (κ3) is 6.86. The Kier molecular flexibility index (Phi) is 9.98. The molecule has 0 aromatic heterocycles. The average molecular weight is 500 g/mol. The van der Waals surface area contributed by atoms with Gasteiger partial charge in [-0.25, -0.2) is 0 Å². The van der Waals surface area contributed by atoms with Crippen molar-refractivity contribution < 1.29 is 0 Å². The molecule has 0 amide bonds. The van der Waals surface area contributed by atoms with Crippen molar-refractivity contribution in [2.45, 2.75) is 32.0 Å². The van der Waals surface area contributed by atoms with Gasteiger partial charge in [0.1, 0.15) is 0 Å². The zero-order valence-corrected chi connectivity index (χ0v) is 19.9. The van der Waals surface area contributed by atoms with E-state index < -0.39 is 0 Å². The average Bonchev–Trinajstić information content (AvgIpc) is 2.72. The van der Waals surface area contributed by atoms with E-state index in [9.17, 15) is 0 Å². The van der Waals surface area contributed by atoms with Gasteiger partial charge in [-0.1, -0.05) is 30.3 Å². The number of hydrogen-bond donors (Lipinski definition) is 2. The third-order valence-electron chi connectivity index (χ3n) is 6.00. The fourth-order valence-corrected chi connectivity index (χ4v) is 4.00. The van der Waals surface area contributed by atoms with E-state index in [0.717, 1.165) is 32.0 Å². The molecule has 3 fully saturated rings. The number of piperazine rings is 3. The lowest BCUT2D eigenvalue weighted by atomic mass is 10.1. The van der Waals surface area contributed by atoms with E-state index in [1.165, 1.54) is 38.3 Å². The summed E-state index contributed by atoms with van der Waals surface area (Å²) in [5.41, 5.74) is 1.37. The summed E-state index contributed by atoms with van der Waals surface area (Å²) in [6, 6.07) is 11.8. The number of hydrogen-bond acceptors (Lipinski definition) is 4. The molecule has 3 saturated heterocycles. The van der Waals surface area contributed by atoms with Gasteiger partial charge in [-0.2, -0.15) is 0 Å². The maximum atomic E-state index is 4.39. The molecule has 28 heavy (non-hydrogen) atoms. The molecular weight excluding hydrogens is 463 g/mol. The minimum atomic E-state index is 0. The molecule has 1 aromatic carbocycles. The number of halogens is 1. The maximum Gasteiger partial charge on any atom is 0.191 e. The largest absolute Gasteiger partial charge is 0.356 e. The van der Waals surface area contributed by atoms with Gasteiger partial charge >= 0.3 is 0 Å². The summed E-state index contributed by atoms with van der Waals surface area (Å²) in [5.74, 6) is 0.922. The first-order valence-electron chi connectivity index (χ1n) is 10.3. The predicted octanol–water partition coefficient (Wildman–Crippen LogP) is 1.68. The molecule has 0 spiro atoms. The second-order valence-corrected chi connectivity index (χ2v) is 7.91. The summed E-state index contributed by atoms with van der Waals surface area (Å²) >= 11 is 0. The first-order valence-corrected chi connectivity index (χ1v) is 10.3. The lowest BCUT2D eigenvalue weighted by molar-refractivity contribution is 0.0154. The summed E-state index contributed by atoms with van der Waals surface area (Å²) in [5, 5.41) is 7.01. The van der Waals surface area contributed by atoms with Crippen molar-refractivity contribution in [3.63, 3.8) is 0 Å². The fourth-order valence-electron chi connectivity index (χ4n) is 4.00. The molecule has 2 atom stereocenters. The van der Waals surface area contributed by atoms with Crippen LogP contribution in [0.3, 0.4) is 0 Å². The molecule has 3 aliphatic rings. The van der Waals surface area contributed by atoms with Crippen LogP contribution in [0.5, 0.6) is 0 Å². The Labute approximate surface area is 187 Å². The Morgan fingerprint density at radius 2 is 1.89 bits per heavy atom. The molecule has 2 bridgehead atoms. The highest BCUT2D eigenvalue weighted by molar-refractivity contribution is 14.0. The summed E-state index contributed by atoms with van der Waals surface area (Å²) < 4.78 is 0. The van der Waals surface area contributed by atoms with Crippen LogP contribution >= 0.6 is 24.0 Å². The quantitative estimate of drug-likeness (QED) is 0.323. The van der Waals surface area contributed by atoms with Crippen molar-refractivity contribution in [1.82, 2.24) is 25.3 Å². The number of nitrogens with one attached hydrogen (secondary N) is 2. The van der Waals surface area contributed by atoms with Gasteiger partial charge in [-0.15, -0.1) is 24.0 Å². The normalized spacial score (nSPS) is 25.3. The molecule has 3 heterocycles. The molecule has 0 saturated carbocycles. The van der Waals surface area contributed by atoms with Crippen molar-refractivity contribution >= 4 is 29.9 Å². The van der Waals surface area contributed by atoms with Crippen LogP contribution in [0.1, 0.15) is 18.9 Å². The Hall–Kier alpha value is -0.900. The highest BCUT2D eigenvalue weighted by atomic mass is 127. The monoisotopic (exact) mass is 500 g/mol. The summed E-state index contributed by atoms with van der Waals surface area (Å²) in [4.78, 5) is 12.0. The van der Waals surface area contributed by atoms with Crippen molar-refractivity contribution in [2.24, 2.45) is 4.99 Å². The van der Waals surface area contributed by atoms with Gasteiger partial charge in [0.2, 0.25) is 0 Å².